The summed E-state index contributed by atoms with van der Waals surface area (Å²) in [7, 11) is 3.18. The Morgan fingerprint density at radius 1 is 1.24 bits per heavy atom. The van der Waals surface area contributed by atoms with Gasteiger partial charge in [-0.2, -0.15) is 23.3 Å². The van der Waals surface area contributed by atoms with E-state index in [2.05, 4.69) is 20.4 Å². The van der Waals surface area contributed by atoms with E-state index in [-0.39, 0.29) is 11.7 Å². The number of hydrogen-bond acceptors (Lipinski definition) is 5. The van der Waals surface area contributed by atoms with Gasteiger partial charge in [-0.1, -0.05) is 0 Å². The second-order valence-corrected chi connectivity index (χ2v) is 4.39. The van der Waals surface area contributed by atoms with E-state index < -0.39 is 12.0 Å². The van der Waals surface area contributed by atoms with Crippen LogP contribution in [0.15, 0.2) is 6.07 Å². The summed E-state index contributed by atoms with van der Waals surface area (Å²) in [4.78, 5) is 6.77. The fourth-order valence-corrected chi connectivity index (χ4v) is 1.74. The number of halogens is 3. The first-order valence-electron chi connectivity index (χ1n) is 6.04. The van der Waals surface area contributed by atoms with Gasteiger partial charge in [-0.15, -0.1) is 0 Å². The van der Waals surface area contributed by atoms with Crippen LogP contribution in [0, 0.1) is 13.8 Å². The van der Waals surface area contributed by atoms with E-state index in [4.69, 9.17) is 4.74 Å². The predicted molar refractivity (Wildman–Crippen MR) is 69.3 cm³/mol. The van der Waals surface area contributed by atoms with Crippen molar-refractivity contribution in [3.05, 3.63) is 23.3 Å². The Labute approximate surface area is 119 Å². The fourth-order valence-electron chi connectivity index (χ4n) is 1.74. The summed E-state index contributed by atoms with van der Waals surface area (Å²) in [5.74, 6) is -1.05. The maximum absolute atomic E-state index is 12.8. The highest BCUT2D eigenvalue weighted by molar-refractivity contribution is 5.41. The zero-order chi connectivity index (χ0) is 15.8. The zero-order valence-electron chi connectivity index (χ0n) is 11.9. The zero-order valence-corrected chi connectivity index (χ0v) is 11.9. The number of nitrogens with zero attached hydrogens (tertiary/aromatic N) is 4. The van der Waals surface area contributed by atoms with E-state index in [0.717, 1.165) is 0 Å². The molecule has 114 valence electrons. The molecule has 0 aliphatic heterocycles. The molecule has 2 aromatic heterocycles. The lowest BCUT2D eigenvalue weighted by molar-refractivity contribution is -0.145. The minimum atomic E-state index is -4.65. The van der Waals surface area contributed by atoms with Crippen LogP contribution < -0.4 is 10.1 Å². The Bertz CT molecular complexity index is 666. The maximum atomic E-state index is 12.8. The van der Waals surface area contributed by atoms with Gasteiger partial charge in [0, 0.05) is 20.2 Å². The normalized spacial score (nSPS) is 11.6. The monoisotopic (exact) mass is 301 g/mol. The van der Waals surface area contributed by atoms with Gasteiger partial charge in [-0.05, 0) is 13.8 Å². The predicted octanol–water partition coefficient (Wildman–Crippen LogP) is 2.68. The standard InChI is InChI=1S/C12H14F3N5O/c1-6-10(7(2)20(4)19-6)21-9-5-8(16-3)17-11(18-9)12(13,14)15/h5H,1-4H3,(H,16,17,18). The van der Waals surface area contributed by atoms with Gasteiger partial charge in [-0.3, -0.25) is 4.68 Å². The highest BCUT2D eigenvalue weighted by atomic mass is 19.4. The van der Waals surface area contributed by atoms with E-state index in [1.165, 1.54) is 13.1 Å². The minimum absolute atomic E-state index is 0.0199. The molecule has 1 N–H and O–H groups in total. The minimum Gasteiger partial charge on any atom is -0.435 e. The molecule has 21 heavy (non-hydrogen) atoms. The van der Waals surface area contributed by atoms with Gasteiger partial charge in [0.25, 0.3) is 0 Å². The van der Waals surface area contributed by atoms with Crippen LogP contribution in [0.2, 0.25) is 0 Å². The number of nitrogens with one attached hydrogen (secondary N) is 1. The maximum Gasteiger partial charge on any atom is 0.451 e. The van der Waals surface area contributed by atoms with E-state index in [1.807, 2.05) is 0 Å². The lowest BCUT2D eigenvalue weighted by atomic mass is 10.3. The number of aromatic nitrogens is 4. The van der Waals surface area contributed by atoms with Gasteiger partial charge >= 0.3 is 6.18 Å². The van der Waals surface area contributed by atoms with Gasteiger partial charge < -0.3 is 10.1 Å². The lowest BCUT2D eigenvalue weighted by Gasteiger charge is -2.10. The Balaban J connectivity index is 2.44. The number of aryl methyl sites for hydroxylation is 2. The van der Waals surface area contributed by atoms with E-state index in [0.29, 0.717) is 17.1 Å². The largest absolute Gasteiger partial charge is 0.451 e. The molecular formula is C12H14F3N5O. The van der Waals surface area contributed by atoms with Crippen molar-refractivity contribution in [3.63, 3.8) is 0 Å². The molecule has 0 aliphatic rings. The van der Waals surface area contributed by atoms with Crippen LogP contribution in [0.1, 0.15) is 17.2 Å². The summed E-state index contributed by atoms with van der Waals surface area (Å²) in [5.41, 5.74) is 1.25. The molecule has 2 rings (SSSR count). The van der Waals surface area contributed by atoms with Gasteiger partial charge in [-0.25, -0.2) is 4.98 Å². The summed E-state index contributed by atoms with van der Waals surface area (Å²) < 4.78 is 45.3. The van der Waals surface area contributed by atoms with Crippen LogP contribution in [-0.4, -0.2) is 26.8 Å². The fraction of sp³-hybridized carbons (Fsp3) is 0.417. The summed E-state index contributed by atoms with van der Waals surface area (Å²) in [6, 6.07) is 1.29. The van der Waals surface area contributed by atoms with Crippen molar-refractivity contribution < 1.29 is 17.9 Å². The van der Waals surface area contributed by atoms with Crippen molar-refractivity contribution in [2.75, 3.05) is 12.4 Å². The third kappa shape index (κ3) is 3.06. The molecule has 2 aromatic rings. The smallest absolute Gasteiger partial charge is 0.435 e. The first kappa shape index (κ1) is 15.1. The topological polar surface area (TPSA) is 64.9 Å². The molecule has 0 radical (unpaired) electrons. The molecule has 0 unspecified atom stereocenters. The molecule has 0 aliphatic carbocycles. The Morgan fingerprint density at radius 3 is 2.38 bits per heavy atom. The summed E-state index contributed by atoms with van der Waals surface area (Å²) in [5, 5.41) is 6.68. The molecule has 0 aromatic carbocycles. The molecule has 2 heterocycles. The van der Waals surface area contributed by atoms with Crippen LogP contribution in [0.3, 0.4) is 0 Å². The number of alkyl halides is 3. The molecule has 0 fully saturated rings. The van der Waals surface area contributed by atoms with E-state index >= 15 is 0 Å². The first-order chi connectivity index (χ1) is 9.72. The Kier molecular flexibility index (Phi) is 3.75. The third-order valence-electron chi connectivity index (χ3n) is 2.86. The van der Waals surface area contributed by atoms with Crippen molar-refractivity contribution in [1.29, 1.82) is 0 Å². The van der Waals surface area contributed by atoms with Crippen molar-refractivity contribution >= 4 is 5.82 Å². The van der Waals surface area contributed by atoms with Gasteiger partial charge in [0.15, 0.2) is 5.75 Å². The molecule has 9 heteroatoms. The third-order valence-corrected chi connectivity index (χ3v) is 2.86. The first-order valence-corrected chi connectivity index (χ1v) is 6.04. The van der Waals surface area contributed by atoms with Crippen LogP contribution in [0.25, 0.3) is 0 Å². The molecule has 6 nitrogen and oxygen atoms in total. The van der Waals surface area contributed by atoms with Crippen LogP contribution in [0.4, 0.5) is 19.0 Å². The lowest BCUT2D eigenvalue weighted by Crippen LogP contribution is -2.13. The number of hydrogen-bond donors (Lipinski definition) is 1. The molecule has 0 atom stereocenters. The van der Waals surface area contributed by atoms with Crippen LogP contribution >= 0.6 is 0 Å². The van der Waals surface area contributed by atoms with Crippen molar-refractivity contribution in [3.8, 4) is 11.6 Å². The van der Waals surface area contributed by atoms with Gasteiger partial charge in [0.2, 0.25) is 11.7 Å². The molecule has 0 bridgehead atoms. The number of ether oxygens (including phenoxy) is 1. The van der Waals surface area contributed by atoms with Crippen LogP contribution in [0.5, 0.6) is 11.6 Å². The van der Waals surface area contributed by atoms with E-state index in [9.17, 15) is 13.2 Å². The van der Waals surface area contributed by atoms with Gasteiger partial charge in [0.05, 0.1) is 5.69 Å². The number of rotatable bonds is 3. The Morgan fingerprint density at radius 2 is 1.90 bits per heavy atom. The average Bonchev–Trinajstić information content (AvgIpc) is 2.64. The van der Waals surface area contributed by atoms with Gasteiger partial charge in [0.1, 0.15) is 11.5 Å². The van der Waals surface area contributed by atoms with E-state index in [1.54, 1.807) is 25.6 Å². The average molecular weight is 301 g/mol. The second kappa shape index (κ2) is 5.23. The highest BCUT2D eigenvalue weighted by Crippen LogP contribution is 2.32. The van der Waals surface area contributed by atoms with Crippen molar-refractivity contribution in [2.24, 2.45) is 7.05 Å². The number of anilines is 1. The highest BCUT2D eigenvalue weighted by Gasteiger charge is 2.35. The SMILES string of the molecule is CNc1cc(Oc2c(C)nn(C)c2C)nc(C(F)(F)F)n1. The quantitative estimate of drug-likeness (QED) is 0.944. The summed E-state index contributed by atoms with van der Waals surface area (Å²) in [6.07, 6.45) is -4.65. The molecule has 0 saturated heterocycles. The summed E-state index contributed by atoms with van der Waals surface area (Å²) >= 11 is 0. The summed E-state index contributed by atoms with van der Waals surface area (Å²) in [6.45, 7) is 3.45. The van der Waals surface area contributed by atoms with Crippen LogP contribution in [-0.2, 0) is 13.2 Å². The Hall–Kier alpha value is -2.32. The molecular weight excluding hydrogens is 287 g/mol. The van der Waals surface area contributed by atoms with Crippen molar-refractivity contribution in [1.82, 2.24) is 19.7 Å². The molecule has 0 amide bonds. The van der Waals surface area contributed by atoms with Crippen molar-refractivity contribution in [2.45, 2.75) is 20.0 Å². The molecule has 0 saturated carbocycles. The second-order valence-electron chi connectivity index (χ2n) is 4.39. The molecule has 0 spiro atoms.